The molecule has 7 atom stereocenters. The third-order valence-corrected chi connectivity index (χ3v) is 9.44. The SMILES string of the molecule is C[C@]12CC[C@H](O)CC1=CC[C@@H]1[C@@H]2CC[C@@]2(C)[C@H]1C/C(=N\O)[C@@]2(O)c1ccccc1. The van der Waals surface area contributed by atoms with Gasteiger partial charge in [0.2, 0.25) is 0 Å². The maximum Gasteiger partial charge on any atom is 0.136 e. The average Bonchev–Trinajstić information content (AvgIpc) is 2.97. The lowest BCUT2D eigenvalue weighted by Gasteiger charge is -2.58. The second kappa shape index (κ2) is 6.42. The minimum atomic E-state index is -1.22. The van der Waals surface area contributed by atoms with Crippen molar-refractivity contribution in [3.05, 3.63) is 47.5 Å². The Labute approximate surface area is 173 Å². The molecule has 4 nitrogen and oxygen atoms in total. The summed E-state index contributed by atoms with van der Waals surface area (Å²) in [4.78, 5) is 0. The Morgan fingerprint density at radius 3 is 2.48 bits per heavy atom. The van der Waals surface area contributed by atoms with E-state index in [1.54, 1.807) is 0 Å². The van der Waals surface area contributed by atoms with Crippen molar-refractivity contribution in [2.45, 2.75) is 70.5 Å². The molecule has 5 rings (SSSR count). The van der Waals surface area contributed by atoms with Crippen LogP contribution in [0.25, 0.3) is 0 Å². The third kappa shape index (κ3) is 2.42. The van der Waals surface area contributed by atoms with Crippen LogP contribution < -0.4 is 0 Å². The molecular formula is C25H33NO3. The number of nitrogens with zero attached hydrogens (tertiary/aromatic N) is 1. The van der Waals surface area contributed by atoms with Crippen LogP contribution in [0.15, 0.2) is 47.1 Å². The van der Waals surface area contributed by atoms with Crippen LogP contribution in [0.5, 0.6) is 0 Å². The molecule has 0 unspecified atom stereocenters. The molecule has 4 aliphatic carbocycles. The van der Waals surface area contributed by atoms with Crippen LogP contribution in [-0.4, -0.2) is 27.2 Å². The molecule has 3 fully saturated rings. The zero-order valence-electron chi connectivity index (χ0n) is 17.5. The molecule has 0 spiro atoms. The van der Waals surface area contributed by atoms with E-state index in [9.17, 15) is 15.4 Å². The van der Waals surface area contributed by atoms with Crippen LogP contribution in [0.4, 0.5) is 0 Å². The summed E-state index contributed by atoms with van der Waals surface area (Å²) in [7, 11) is 0. The highest BCUT2D eigenvalue weighted by Gasteiger charge is 2.67. The first kappa shape index (κ1) is 19.3. The minimum Gasteiger partial charge on any atom is -0.411 e. The lowest BCUT2D eigenvalue weighted by molar-refractivity contribution is -0.112. The zero-order valence-corrected chi connectivity index (χ0v) is 17.5. The zero-order chi connectivity index (χ0) is 20.4. The molecule has 29 heavy (non-hydrogen) atoms. The molecule has 0 aliphatic heterocycles. The van der Waals surface area contributed by atoms with Crippen molar-refractivity contribution in [1.82, 2.24) is 0 Å². The minimum absolute atomic E-state index is 0.160. The maximum atomic E-state index is 12.1. The lowest BCUT2D eigenvalue weighted by Crippen LogP contribution is -2.54. The summed E-state index contributed by atoms with van der Waals surface area (Å²) in [6, 6.07) is 9.80. The first-order chi connectivity index (χ1) is 13.8. The van der Waals surface area contributed by atoms with Crippen molar-refractivity contribution in [3.63, 3.8) is 0 Å². The Balaban J connectivity index is 1.57. The molecule has 3 N–H and O–H groups in total. The number of hydrogen-bond acceptors (Lipinski definition) is 4. The number of rotatable bonds is 1. The summed E-state index contributed by atoms with van der Waals surface area (Å²) in [6.45, 7) is 4.62. The van der Waals surface area contributed by atoms with Gasteiger partial charge in [-0.25, -0.2) is 0 Å². The lowest BCUT2D eigenvalue weighted by atomic mass is 9.46. The fourth-order valence-corrected chi connectivity index (χ4v) is 7.76. The monoisotopic (exact) mass is 395 g/mol. The smallest absolute Gasteiger partial charge is 0.136 e. The standard InChI is InChI=1S/C25H33NO3/c1-23-12-10-18(27)14-17(23)8-9-19-20(23)11-13-24(2)21(19)15-22(26-29)25(24,28)16-6-4-3-5-7-16/h3-8,18-21,27-29H,9-15H2,1-2H3/b26-22+/t18-,19+,20-,21-,23-,24-,25-/m0/s1. The molecule has 156 valence electrons. The Bertz CT molecular complexity index is 864. The highest BCUT2D eigenvalue weighted by Crippen LogP contribution is 2.68. The van der Waals surface area contributed by atoms with E-state index in [1.807, 2.05) is 30.3 Å². The Kier molecular flexibility index (Phi) is 4.28. The van der Waals surface area contributed by atoms with Crippen LogP contribution in [0.3, 0.4) is 0 Å². The largest absolute Gasteiger partial charge is 0.411 e. The molecule has 0 saturated heterocycles. The van der Waals surface area contributed by atoms with Gasteiger partial charge in [0.05, 0.1) is 11.8 Å². The van der Waals surface area contributed by atoms with E-state index in [1.165, 1.54) is 5.57 Å². The Morgan fingerprint density at radius 2 is 1.76 bits per heavy atom. The van der Waals surface area contributed by atoms with Gasteiger partial charge in [0.15, 0.2) is 0 Å². The first-order valence-corrected chi connectivity index (χ1v) is 11.2. The summed E-state index contributed by atoms with van der Waals surface area (Å²) < 4.78 is 0. The highest BCUT2D eigenvalue weighted by molar-refractivity contribution is 5.96. The predicted octanol–water partition coefficient (Wildman–Crippen LogP) is 4.64. The third-order valence-electron chi connectivity index (χ3n) is 9.44. The van der Waals surface area contributed by atoms with Gasteiger partial charge >= 0.3 is 0 Å². The number of fused-ring (bicyclic) bond motifs is 5. The molecular weight excluding hydrogens is 362 g/mol. The molecule has 4 aliphatic rings. The van der Waals surface area contributed by atoms with Crippen molar-refractivity contribution in [3.8, 4) is 0 Å². The van der Waals surface area contributed by atoms with Gasteiger partial charge in [0.1, 0.15) is 5.60 Å². The van der Waals surface area contributed by atoms with Gasteiger partial charge in [0.25, 0.3) is 0 Å². The highest BCUT2D eigenvalue weighted by atomic mass is 16.4. The fraction of sp³-hybridized carbons (Fsp3) is 0.640. The summed E-state index contributed by atoms with van der Waals surface area (Å²) in [5.74, 6) is 1.34. The number of benzene rings is 1. The second-order valence-corrected chi connectivity index (χ2v) is 10.4. The van der Waals surface area contributed by atoms with E-state index in [0.29, 0.717) is 29.9 Å². The molecule has 4 heteroatoms. The van der Waals surface area contributed by atoms with E-state index in [-0.39, 0.29) is 16.9 Å². The van der Waals surface area contributed by atoms with Crippen molar-refractivity contribution in [2.75, 3.05) is 0 Å². The first-order valence-electron chi connectivity index (χ1n) is 11.2. The Morgan fingerprint density at radius 1 is 1.00 bits per heavy atom. The number of allylic oxidation sites excluding steroid dienone is 1. The number of aliphatic hydroxyl groups is 2. The van der Waals surface area contributed by atoms with Gasteiger partial charge in [-0.3, -0.25) is 0 Å². The predicted molar refractivity (Wildman–Crippen MR) is 113 cm³/mol. The summed E-state index contributed by atoms with van der Waals surface area (Å²) >= 11 is 0. The summed E-state index contributed by atoms with van der Waals surface area (Å²) in [6.07, 6.45) is 8.62. The van der Waals surface area contributed by atoms with E-state index in [0.717, 1.165) is 44.1 Å². The van der Waals surface area contributed by atoms with E-state index >= 15 is 0 Å². The number of oxime groups is 1. The molecule has 1 aromatic rings. The van der Waals surface area contributed by atoms with Crippen LogP contribution in [0.1, 0.15) is 64.4 Å². The maximum absolute atomic E-state index is 12.1. The van der Waals surface area contributed by atoms with Gasteiger partial charge in [-0.15, -0.1) is 0 Å². The van der Waals surface area contributed by atoms with Crippen LogP contribution in [0, 0.1) is 28.6 Å². The van der Waals surface area contributed by atoms with E-state index in [2.05, 4.69) is 25.1 Å². The van der Waals surface area contributed by atoms with E-state index in [4.69, 9.17) is 0 Å². The van der Waals surface area contributed by atoms with Gasteiger partial charge in [-0.1, -0.05) is 61.0 Å². The van der Waals surface area contributed by atoms with Gasteiger partial charge in [0, 0.05) is 5.41 Å². The van der Waals surface area contributed by atoms with Gasteiger partial charge in [-0.2, -0.15) is 0 Å². The van der Waals surface area contributed by atoms with Crippen molar-refractivity contribution < 1.29 is 15.4 Å². The van der Waals surface area contributed by atoms with Crippen molar-refractivity contribution >= 4 is 5.71 Å². The number of aliphatic hydroxyl groups excluding tert-OH is 1. The molecule has 0 bridgehead atoms. The normalized spacial score (nSPS) is 47.9. The van der Waals surface area contributed by atoms with Crippen LogP contribution in [-0.2, 0) is 5.60 Å². The summed E-state index contributed by atoms with van der Waals surface area (Å²) in [5, 5.41) is 35.8. The molecule has 0 radical (unpaired) electrons. The topological polar surface area (TPSA) is 73.1 Å². The van der Waals surface area contributed by atoms with Crippen LogP contribution >= 0.6 is 0 Å². The van der Waals surface area contributed by atoms with Crippen molar-refractivity contribution in [1.29, 1.82) is 0 Å². The van der Waals surface area contributed by atoms with Crippen LogP contribution in [0.2, 0.25) is 0 Å². The Hall–Kier alpha value is -1.65. The molecule has 0 amide bonds. The van der Waals surface area contributed by atoms with E-state index < -0.39 is 5.60 Å². The van der Waals surface area contributed by atoms with Crippen molar-refractivity contribution in [2.24, 2.45) is 33.7 Å². The molecule has 0 aromatic heterocycles. The molecule has 0 heterocycles. The summed E-state index contributed by atoms with van der Waals surface area (Å²) in [5.41, 5.74) is 1.42. The molecule has 3 saturated carbocycles. The van der Waals surface area contributed by atoms with Gasteiger partial charge < -0.3 is 15.4 Å². The number of hydrogen-bond donors (Lipinski definition) is 3. The fourth-order valence-electron chi connectivity index (χ4n) is 7.76. The molecule has 1 aromatic carbocycles. The average molecular weight is 396 g/mol. The second-order valence-electron chi connectivity index (χ2n) is 10.4. The quantitative estimate of drug-likeness (QED) is 0.368. The van der Waals surface area contributed by atoms with Gasteiger partial charge in [-0.05, 0) is 73.7 Å².